The molecule has 5 heteroatoms. The maximum Gasteiger partial charge on any atom is 0.125 e. The summed E-state index contributed by atoms with van der Waals surface area (Å²) in [5.41, 5.74) is 4.37. The van der Waals surface area contributed by atoms with Crippen LogP contribution in [0.1, 0.15) is 12.0 Å². The zero-order chi connectivity index (χ0) is 15.8. The van der Waals surface area contributed by atoms with E-state index in [1.807, 2.05) is 12.3 Å². The fourth-order valence-electron chi connectivity index (χ4n) is 3.03. The van der Waals surface area contributed by atoms with Gasteiger partial charge in [0.25, 0.3) is 0 Å². The van der Waals surface area contributed by atoms with Crippen molar-refractivity contribution in [1.82, 2.24) is 9.29 Å². The summed E-state index contributed by atoms with van der Waals surface area (Å²) in [5, 5.41) is 10.0. The van der Waals surface area contributed by atoms with E-state index in [2.05, 4.69) is 27.5 Å². The first-order chi connectivity index (χ1) is 11.2. The molecule has 1 aliphatic rings. The van der Waals surface area contributed by atoms with Crippen molar-refractivity contribution in [3.63, 3.8) is 0 Å². The van der Waals surface area contributed by atoms with Gasteiger partial charge in [0.15, 0.2) is 0 Å². The molecule has 0 saturated heterocycles. The molecule has 0 amide bonds. The van der Waals surface area contributed by atoms with Crippen LogP contribution < -0.4 is 0 Å². The molecule has 118 valence electrons. The Balaban J connectivity index is 1.66. The minimum Gasteiger partial charge on any atom is -0.396 e. The molecule has 1 aliphatic heterocycles. The number of aromatic nitrogens is 1. The second-order valence-electron chi connectivity index (χ2n) is 5.75. The van der Waals surface area contributed by atoms with Crippen LogP contribution in [0.25, 0.3) is 22.0 Å². The van der Waals surface area contributed by atoms with Crippen LogP contribution in [-0.4, -0.2) is 27.5 Å². The van der Waals surface area contributed by atoms with Crippen molar-refractivity contribution in [3.05, 3.63) is 54.0 Å². The van der Waals surface area contributed by atoms with E-state index in [0.717, 1.165) is 41.5 Å². The van der Waals surface area contributed by atoms with Gasteiger partial charge in [0, 0.05) is 47.3 Å². The van der Waals surface area contributed by atoms with E-state index in [1.165, 1.54) is 22.6 Å². The summed E-state index contributed by atoms with van der Waals surface area (Å²) in [7, 11) is 0. The Kier molecular flexibility index (Phi) is 3.85. The maximum absolute atomic E-state index is 13.3. The Morgan fingerprint density at radius 3 is 3.00 bits per heavy atom. The van der Waals surface area contributed by atoms with Gasteiger partial charge in [0.05, 0.1) is 0 Å². The van der Waals surface area contributed by atoms with E-state index < -0.39 is 0 Å². The smallest absolute Gasteiger partial charge is 0.125 e. The van der Waals surface area contributed by atoms with Gasteiger partial charge >= 0.3 is 0 Å². The molecule has 0 radical (unpaired) electrons. The van der Waals surface area contributed by atoms with Crippen molar-refractivity contribution < 1.29 is 9.50 Å². The molecule has 0 unspecified atom stereocenters. The lowest BCUT2D eigenvalue weighted by molar-refractivity contribution is 0.273. The van der Waals surface area contributed by atoms with Crippen molar-refractivity contribution in [2.24, 2.45) is 0 Å². The molecule has 3 nitrogen and oxygen atoms in total. The Labute approximate surface area is 138 Å². The Hall–Kier alpha value is -1.82. The fourth-order valence-corrected chi connectivity index (χ4v) is 4.10. The Morgan fingerprint density at radius 1 is 1.22 bits per heavy atom. The maximum atomic E-state index is 13.3. The average Bonchev–Trinajstić information content (AvgIpc) is 3.14. The molecule has 23 heavy (non-hydrogen) atoms. The molecule has 2 N–H and O–H groups in total. The number of H-pyrrole nitrogens is 1. The molecule has 2 aromatic carbocycles. The summed E-state index contributed by atoms with van der Waals surface area (Å²) in [4.78, 5) is 4.42. The van der Waals surface area contributed by atoms with Gasteiger partial charge in [-0.3, -0.25) is 0 Å². The SMILES string of the molecule is OCCCN1Cc2cc(-c3c[nH]c4cc(F)ccc34)ccc2S1. The van der Waals surface area contributed by atoms with Crippen LogP contribution in [0.5, 0.6) is 0 Å². The van der Waals surface area contributed by atoms with Crippen molar-refractivity contribution in [3.8, 4) is 11.1 Å². The van der Waals surface area contributed by atoms with Crippen LogP contribution in [0.4, 0.5) is 4.39 Å². The van der Waals surface area contributed by atoms with Gasteiger partial charge in [-0.25, -0.2) is 8.70 Å². The second-order valence-corrected chi connectivity index (χ2v) is 6.89. The van der Waals surface area contributed by atoms with E-state index in [1.54, 1.807) is 11.9 Å². The zero-order valence-electron chi connectivity index (χ0n) is 12.6. The summed E-state index contributed by atoms with van der Waals surface area (Å²) >= 11 is 1.75. The number of aliphatic hydroxyl groups is 1. The topological polar surface area (TPSA) is 39.3 Å². The molecule has 1 aromatic heterocycles. The number of nitrogens with one attached hydrogen (secondary N) is 1. The largest absolute Gasteiger partial charge is 0.396 e. The Morgan fingerprint density at radius 2 is 2.13 bits per heavy atom. The molecule has 0 atom stereocenters. The van der Waals surface area contributed by atoms with Gasteiger partial charge in [-0.15, -0.1) is 0 Å². The summed E-state index contributed by atoms with van der Waals surface area (Å²) in [6, 6.07) is 11.3. The third-order valence-electron chi connectivity index (χ3n) is 4.16. The molecular formula is C18H17FN2OS. The normalized spacial score (nSPS) is 14.5. The number of hydrogen-bond acceptors (Lipinski definition) is 3. The van der Waals surface area contributed by atoms with Crippen LogP contribution in [-0.2, 0) is 6.54 Å². The third-order valence-corrected chi connectivity index (χ3v) is 5.32. The first-order valence-corrected chi connectivity index (χ1v) is 8.45. The lowest BCUT2D eigenvalue weighted by Gasteiger charge is -2.11. The van der Waals surface area contributed by atoms with E-state index in [-0.39, 0.29) is 12.4 Å². The van der Waals surface area contributed by atoms with Crippen LogP contribution >= 0.6 is 11.9 Å². The predicted octanol–water partition coefficient (Wildman–Crippen LogP) is 4.18. The van der Waals surface area contributed by atoms with E-state index in [0.29, 0.717) is 0 Å². The summed E-state index contributed by atoms with van der Waals surface area (Å²) in [5.74, 6) is -0.226. The quantitative estimate of drug-likeness (QED) is 0.706. The highest BCUT2D eigenvalue weighted by Crippen LogP contribution is 2.39. The van der Waals surface area contributed by atoms with Gasteiger partial charge in [-0.2, -0.15) is 0 Å². The molecule has 4 rings (SSSR count). The molecule has 0 saturated carbocycles. The fraction of sp³-hybridized carbons (Fsp3) is 0.222. The number of benzene rings is 2. The molecule has 0 fully saturated rings. The van der Waals surface area contributed by atoms with Gasteiger partial charge < -0.3 is 10.1 Å². The lowest BCUT2D eigenvalue weighted by atomic mass is 10.0. The molecule has 0 bridgehead atoms. The first kappa shape index (κ1) is 14.8. The lowest BCUT2D eigenvalue weighted by Crippen LogP contribution is -2.12. The number of fused-ring (bicyclic) bond motifs is 2. The standard InChI is InChI=1S/C18H17FN2OS/c19-14-3-4-15-16(10-20-17(15)9-14)12-2-5-18-13(8-12)11-21(23-18)6-1-7-22/h2-5,8-10,20,22H,1,6-7,11H2. The summed E-state index contributed by atoms with van der Waals surface area (Å²) in [6.45, 7) is 2.01. The Bertz CT molecular complexity index is 861. The van der Waals surface area contributed by atoms with Crippen LogP contribution in [0.2, 0.25) is 0 Å². The van der Waals surface area contributed by atoms with E-state index in [4.69, 9.17) is 5.11 Å². The van der Waals surface area contributed by atoms with Crippen molar-refractivity contribution >= 4 is 22.9 Å². The van der Waals surface area contributed by atoms with Crippen molar-refractivity contribution in [1.29, 1.82) is 0 Å². The first-order valence-electron chi connectivity index (χ1n) is 7.68. The highest BCUT2D eigenvalue weighted by Gasteiger charge is 2.20. The number of aliphatic hydroxyl groups excluding tert-OH is 1. The predicted molar refractivity (Wildman–Crippen MR) is 91.7 cm³/mol. The molecule has 0 spiro atoms. The zero-order valence-corrected chi connectivity index (χ0v) is 13.4. The van der Waals surface area contributed by atoms with Crippen molar-refractivity contribution in [2.75, 3.05) is 13.2 Å². The van der Waals surface area contributed by atoms with Crippen LogP contribution in [0, 0.1) is 5.82 Å². The van der Waals surface area contributed by atoms with Crippen LogP contribution in [0.3, 0.4) is 0 Å². The molecule has 0 aliphatic carbocycles. The third kappa shape index (κ3) is 2.76. The highest BCUT2D eigenvalue weighted by molar-refractivity contribution is 7.97. The number of nitrogens with zero attached hydrogens (tertiary/aromatic N) is 1. The highest BCUT2D eigenvalue weighted by atomic mass is 32.2. The van der Waals surface area contributed by atoms with Gasteiger partial charge in [-0.05, 0) is 59.8 Å². The van der Waals surface area contributed by atoms with Gasteiger partial charge in [0.2, 0.25) is 0 Å². The van der Waals surface area contributed by atoms with Crippen molar-refractivity contribution in [2.45, 2.75) is 17.9 Å². The minimum atomic E-state index is -0.226. The second kappa shape index (κ2) is 6.00. The molecular weight excluding hydrogens is 311 g/mol. The molecule has 2 heterocycles. The van der Waals surface area contributed by atoms with Gasteiger partial charge in [0.1, 0.15) is 5.82 Å². The van der Waals surface area contributed by atoms with E-state index in [9.17, 15) is 4.39 Å². The minimum absolute atomic E-state index is 0.226. The van der Waals surface area contributed by atoms with Crippen LogP contribution in [0.15, 0.2) is 47.5 Å². The molecule has 3 aromatic rings. The summed E-state index contributed by atoms with van der Waals surface area (Å²) < 4.78 is 15.6. The van der Waals surface area contributed by atoms with Gasteiger partial charge in [-0.1, -0.05) is 6.07 Å². The number of hydrogen-bond donors (Lipinski definition) is 2. The summed E-state index contributed by atoms with van der Waals surface area (Å²) in [6.07, 6.45) is 2.74. The average molecular weight is 328 g/mol. The van der Waals surface area contributed by atoms with E-state index >= 15 is 0 Å². The number of halogens is 1. The monoisotopic (exact) mass is 328 g/mol. The number of aromatic amines is 1. The number of rotatable bonds is 4.